The molecular weight excluding hydrogens is 217 g/mol. The summed E-state index contributed by atoms with van der Waals surface area (Å²) in [6, 6.07) is 0. The van der Waals surface area contributed by atoms with E-state index in [1.807, 2.05) is 33.8 Å². The fourth-order valence-corrected chi connectivity index (χ4v) is 1.83. The van der Waals surface area contributed by atoms with E-state index in [4.69, 9.17) is 9.31 Å². The van der Waals surface area contributed by atoms with Crippen LogP contribution in [-0.4, -0.2) is 42.1 Å². The van der Waals surface area contributed by atoms with E-state index >= 15 is 0 Å². The average molecular weight is 236 g/mol. The largest absolute Gasteiger partial charge is 0.500 e. The Morgan fingerprint density at radius 3 is 2.24 bits per heavy atom. The molecule has 0 bridgehead atoms. The summed E-state index contributed by atoms with van der Waals surface area (Å²) in [5.74, 6) is 0.0882. The van der Waals surface area contributed by atoms with Gasteiger partial charge in [-0.1, -0.05) is 6.08 Å². The van der Waals surface area contributed by atoms with E-state index in [1.165, 1.54) is 0 Å². The molecule has 0 aromatic carbocycles. The van der Waals surface area contributed by atoms with E-state index < -0.39 is 0 Å². The molecule has 4 nitrogen and oxygen atoms in total. The topological polar surface area (TPSA) is 38.5 Å². The summed E-state index contributed by atoms with van der Waals surface area (Å²) < 4.78 is 13.4. The number of hydrogen-bond donors (Lipinski definition) is 0. The van der Waals surface area contributed by atoms with Crippen molar-refractivity contribution in [2.45, 2.75) is 45.3 Å². The maximum absolute atomic E-state index is 11.4. The van der Waals surface area contributed by atoms with Crippen LogP contribution in [0.1, 0.15) is 34.1 Å². The molecular formula is C12H19BNO3+. The molecule has 0 N–H and O–H groups in total. The second-order valence-corrected chi connectivity index (χ2v) is 5.63. The molecule has 2 aliphatic rings. The minimum Gasteiger partial charge on any atom is -0.399 e. The molecule has 0 radical (unpaired) electrons. The van der Waals surface area contributed by atoms with Gasteiger partial charge < -0.3 is 9.31 Å². The van der Waals surface area contributed by atoms with Gasteiger partial charge in [0.25, 0.3) is 0 Å². The molecule has 0 aromatic heterocycles. The van der Waals surface area contributed by atoms with E-state index in [0.29, 0.717) is 6.42 Å². The van der Waals surface area contributed by atoms with Crippen LogP contribution >= 0.6 is 0 Å². The van der Waals surface area contributed by atoms with Crippen molar-refractivity contribution in [2.75, 3.05) is 7.05 Å². The van der Waals surface area contributed by atoms with Gasteiger partial charge in [-0.25, -0.2) is 4.79 Å². The van der Waals surface area contributed by atoms with E-state index in [9.17, 15) is 4.79 Å². The van der Waals surface area contributed by atoms with Gasteiger partial charge in [-0.2, -0.15) is 4.58 Å². The van der Waals surface area contributed by atoms with E-state index in [0.717, 1.165) is 5.47 Å². The molecule has 1 saturated heterocycles. The molecule has 5 heteroatoms. The molecule has 0 spiro atoms. The highest BCUT2D eigenvalue weighted by Gasteiger charge is 2.53. The van der Waals surface area contributed by atoms with E-state index in [2.05, 4.69) is 0 Å². The maximum Gasteiger partial charge on any atom is 0.500 e. The van der Waals surface area contributed by atoms with Crippen LogP contribution in [0.15, 0.2) is 11.5 Å². The van der Waals surface area contributed by atoms with Gasteiger partial charge in [-0.05, 0) is 27.7 Å². The van der Waals surface area contributed by atoms with Gasteiger partial charge in [0, 0.05) is 5.47 Å². The van der Waals surface area contributed by atoms with Crippen LogP contribution in [0, 0.1) is 0 Å². The van der Waals surface area contributed by atoms with E-state index in [-0.39, 0.29) is 24.2 Å². The van der Waals surface area contributed by atoms with Gasteiger partial charge in [0.05, 0.1) is 17.6 Å². The lowest BCUT2D eigenvalue weighted by Gasteiger charge is -2.32. The maximum atomic E-state index is 11.4. The Morgan fingerprint density at radius 2 is 1.76 bits per heavy atom. The minimum absolute atomic E-state index is 0.0882. The summed E-state index contributed by atoms with van der Waals surface area (Å²) in [7, 11) is 1.37. The summed E-state index contributed by atoms with van der Waals surface area (Å²) in [5, 5.41) is 0. The Kier molecular flexibility index (Phi) is 2.79. The van der Waals surface area contributed by atoms with Crippen LogP contribution in [-0.2, 0) is 14.1 Å². The number of carbonyl (C=O) groups is 1. The lowest BCUT2D eigenvalue weighted by molar-refractivity contribution is -0.414. The van der Waals surface area contributed by atoms with Gasteiger partial charge in [-0.15, -0.1) is 0 Å². The Bertz CT molecular complexity index is 407. The van der Waals surface area contributed by atoms with Gasteiger partial charge in [-0.3, -0.25) is 0 Å². The number of nitrogens with zero attached hydrogens (tertiary/aromatic N) is 1. The molecule has 92 valence electrons. The number of allylic oxidation sites excluding steroid dienone is 1. The van der Waals surface area contributed by atoms with Crippen LogP contribution in [0.5, 0.6) is 0 Å². The predicted molar refractivity (Wildman–Crippen MR) is 66.0 cm³/mol. The Labute approximate surface area is 102 Å². The zero-order chi connectivity index (χ0) is 12.8. The molecule has 2 heterocycles. The molecule has 2 aliphatic heterocycles. The van der Waals surface area contributed by atoms with Crippen LogP contribution in [0.4, 0.5) is 0 Å². The van der Waals surface area contributed by atoms with Crippen molar-refractivity contribution in [3.05, 3.63) is 11.5 Å². The van der Waals surface area contributed by atoms with Crippen molar-refractivity contribution >= 4 is 19.2 Å². The predicted octanol–water partition coefficient (Wildman–Crippen LogP) is 1.19. The Hall–Kier alpha value is -0.935. The highest BCUT2D eigenvalue weighted by atomic mass is 16.7. The summed E-state index contributed by atoms with van der Waals surface area (Å²) >= 11 is 0. The van der Waals surface area contributed by atoms with E-state index in [1.54, 1.807) is 17.8 Å². The quantitative estimate of drug-likeness (QED) is 0.507. The fraction of sp³-hybridized carbons (Fsp3) is 0.667. The summed E-state index contributed by atoms with van der Waals surface area (Å²) in [4.78, 5) is 11.4. The molecule has 1 amide bonds. The number of amides is 1. The second-order valence-electron chi connectivity index (χ2n) is 5.63. The van der Waals surface area contributed by atoms with Gasteiger partial charge in [0.15, 0.2) is 6.21 Å². The first-order chi connectivity index (χ1) is 7.73. The first-order valence-electron chi connectivity index (χ1n) is 5.89. The van der Waals surface area contributed by atoms with Crippen molar-refractivity contribution in [2.24, 2.45) is 0 Å². The summed E-state index contributed by atoms with van der Waals surface area (Å²) in [6.07, 6.45) is 4.07. The van der Waals surface area contributed by atoms with Gasteiger partial charge >= 0.3 is 13.0 Å². The molecule has 17 heavy (non-hydrogen) atoms. The highest BCUT2D eigenvalue weighted by Crippen LogP contribution is 2.38. The van der Waals surface area contributed by atoms with Crippen molar-refractivity contribution in [1.82, 2.24) is 0 Å². The minimum atomic E-state index is -0.379. The summed E-state index contributed by atoms with van der Waals surface area (Å²) in [6.45, 7) is 8.08. The third kappa shape index (κ3) is 2.09. The number of hydrogen-bond acceptors (Lipinski definition) is 3. The van der Waals surface area contributed by atoms with Gasteiger partial charge in [0.2, 0.25) is 0 Å². The van der Waals surface area contributed by atoms with Gasteiger partial charge in [0.1, 0.15) is 7.05 Å². The van der Waals surface area contributed by atoms with Crippen molar-refractivity contribution in [3.63, 3.8) is 0 Å². The highest BCUT2D eigenvalue weighted by molar-refractivity contribution is 6.60. The van der Waals surface area contributed by atoms with Crippen LogP contribution in [0.2, 0.25) is 0 Å². The Balaban J connectivity index is 2.21. The van der Waals surface area contributed by atoms with Crippen LogP contribution in [0.3, 0.4) is 0 Å². The van der Waals surface area contributed by atoms with Crippen LogP contribution in [0.25, 0.3) is 0 Å². The normalized spacial score (nSPS) is 26.9. The summed E-state index contributed by atoms with van der Waals surface area (Å²) in [5.41, 5.74) is 0.240. The molecule has 0 unspecified atom stereocenters. The number of carbonyl (C=O) groups excluding carboxylic acids is 1. The van der Waals surface area contributed by atoms with Crippen molar-refractivity contribution in [1.29, 1.82) is 0 Å². The lowest BCUT2D eigenvalue weighted by atomic mass is 9.77. The third-order valence-corrected chi connectivity index (χ3v) is 3.77. The monoisotopic (exact) mass is 236 g/mol. The Morgan fingerprint density at radius 1 is 1.24 bits per heavy atom. The first-order valence-corrected chi connectivity index (χ1v) is 5.89. The van der Waals surface area contributed by atoms with Crippen molar-refractivity contribution in [3.8, 4) is 0 Å². The zero-order valence-corrected chi connectivity index (χ0v) is 11.1. The lowest BCUT2D eigenvalue weighted by Crippen LogP contribution is -2.41. The van der Waals surface area contributed by atoms with Crippen LogP contribution < -0.4 is 0 Å². The zero-order valence-electron chi connectivity index (χ0n) is 11.1. The molecule has 0 aliphatic carbocycles. The molecule has 0 aromatic rings. The third-order valence-electron chi connectivity index (χ3n) is 3.77. The molecule has 2 rings (SSSR count). The molecule has 0 saturated carbocycles. The average Bonchev–Trinajstić information content (AvgIpc) is 2.41. The molecule has 0 atom stereocenters. The second kappa shape index (κ2) is 3.78. The molecule has 1 fully saturated rings. The smallest absolute Gasteiger partial charge is 0.399 e. The number of rotatable bonds is 1. The first kappa shape index (κ1) is 12.5. The SMILES string of the molecule is C[N+]1=CC(B2OC(C)(C)C(C)(C)O2)=CCC1=O. The standard InChI is InChI=1S/C12H19BNO3/c1-11(2)12(3,4)17-13(16-11)9-6-7-10(15)14(5)8-9/h6,8H,7H2,1-5H3/q+1. The van der Waals surface area contributed by atoms with Crippen molar-refractivity contribution < 1.29 is 18.7 Å². The fourth-order valence-electron chi connectivity index (χ4n) is 1.83.